The monoisotopic (exact) mass is 323 g/mol. The van der Waals surface area contributed by atoms with Gasteiger partial charge in [0.1, 0.15) is 0 Å². The molecule has 3 aliphatic rings. The molecule has 0 amide bonds. The summed E-state index contributed by atoms with van der Waals surface area (Å²) in [6, 6.07) is 7.94. The largest absolute Gasteiger partial charge is 0.504 e. The lowest BCUT2D eigenvalue weighted by atomic mass is 9.90. The normalized spacial score (nSPS) is 19.5. The molecule has 0 spiro atoms. The van der Waals surface area contributed by atoms with Gasteiger partial charge in [-0.05, 0) is 47.0 Å². The number of nitrogens with zero attached hydrogens (tertiary/aromatic N) is 1. The first-order valence-electron chi connectivity index (χ1n) is 8.02. The Morgan fingerprint density at radius 2 is 2.17 bits per heavy atom. The van der Waals surface area contributed by atoms with Crippen molar-refractivity contribution in [2.45, 2.75) is 12.5 Å². The van der Waals surface area contributed by atoms with Crippen LogP contribution in [0.15, 0.2) is 24.3 Å². The van der Waals surface area contributed by atoms with Gasteiger partial charge in [0, 0.05) is 18.0 Å². The number of phenols is 1. The van der Waals surface area contributed by atoms with Crippen LogP contribution in [-0.4, -0.2) is 30.5 Å². The predicted octanol–water partition coefficient (Wildman–Crippen LogP) is 1.26. The van der Waals surface area contributed by atoms with E-state index in [4.69, 9.17) is 14.2 Å². The summed E-state index contributed by atoms with van der Waals surface area (Å²) < 4.78 is 16.4. The maximum atomic E-state index is 10.0. The molecule has 5 heteroatoms. The topological polar surface area (TPSA) is 51.2 Å². The van der Waals surface area contributed by atoms with Crippen molar-refractivity contribution in [2.75, 3.05) is 20.4 Å². The molecule has 5 nitrogen and oxygen atoms in total. The van der Waals surface area contributed by atoms with Gasteiger partial charge in [0.15, 0.2) is 23.0 Å². The fourth-order valence-corrected chi connectivity index (χ4v) is 3.80. The molecule has 122 valence electrons. The fourth-order valence-electron chi connectivity index (χ4n) is 3.80. The minimum Gasteiger partial charge on any atom is -0.504 e. The smallest absolute Gasteiger partial charge is 0.231 e. The van der Waals surface area contributed by atoms with Gasteiger partial charge < -0.3 is 24.2 Å². The van der Waals surface area contributed by atoms with Crippen LogP contribution in [0.1, 0.15) is 17.2 Å². The van der Waals surface area contributed by atoms with Crippen molar-refractivity contribution in [3.8, 4) is 23.0 Å². The maximum Gasteiger partial charge on any atom is 0.231 e. The highest BCUT2D eigenvalue weighted by Crippen LogP contribution is 2.39. The lowest BCUT2D eigenvalue weighted by Gasteiger charge is -2.37. The zero-order chi connectivity index (χ0) is 16.3. The van der Waals surface area contributed by atoms with Crippen molar-refractivity contribution in [1.82, 2.24) is 4.90 Å². The Bertz CT molecular complexity index is 966. The van der Waals surface area contributed by atoms with Crippen molar-refractivity contribution in [3.63, 3.8) is 0 Å². The molecule has 0 saturated carbocycles. The van der Waals surface area contributed by atoms with E-state index in [2.05, 4.69) is 23.2 Å². The zero-order valence-corrected chi connectivity index (χ0v) is 13.3. The summed E-state index contributed by atoms with van der Waals surface area (Å²) in [6.07, 6.45) is 5.29. The number of phenolic OH excluding ortho intramolecular Hbond substituents is 1. The van der Waals surface area contributed by atoms with E-state index < -0.39 is 0 Å². The molecule has 1 unspecified atom stereocenters. The number of benzene rings is 2. The quantitative estimate of drug-likeness (QED) is 0.856. The Hall–Kier alpha value is -2.82. The second-order valence-corrected chi connectivity index (χ2v) is 6.25. The molecule has 0 fully saturated rings. The summed E-state index contributed by atoms with van der Waals surface area (Å²) in [7, 11) is 1.58. The van der Waals surface area contributed by atoms with Crippen LogP contribution in [0, 0.1) is 0 Å². The average molecular weight is 323 g/mol. The van der Waals surface area contributed by atoms with Crippen LogP contribution in [-0.2, 0) is 6.42 Å². The summed E-state index contributed by atoms with van der Waals surface area (Å²) in [6.45, 7) is 1.17. The Morgan fingerprint density at radius 1 is 1.25 bits per heavy atom. The average Bonchev–Trinajstić information content (AvgIpc) is 3.08. The predicted molar refractivity (Wildman–Crippen MR) is 88.6 cm³/mol. The number of aromatic hydroxyl groups is 1. The van der Waals surface area contributed by atoms with Crippen LogP contribution in [0.4, 0.5) is 0 Å². The van der Waals surface area contributed by atoms with E-state index >= 15 is 0 Å². The first-order valence-corrected chi connectivity index (χ1v) is 8.02. The van der Waals surface area contributed by atoms with Crippen LogP contribution < -0.4 is 24.6 Å². The minimum atomic E-state index is 0.135. The molecule has 5 rings (SSSR count). The van der Waals surface area contributed by atoms with Gasteiger partial charge in [0.25, 0.3) is 0 Å². The summed E-state index contributed by atoms with van der Waals surface area (Å²) in [5, 5.41) is 12.3. The molecule has 24 heavy (non-hydrogen) atoms. The third-order valence-electron chi connectivity index (χ3n) is 5.00. The van der Waals surface area contributed by atoms with Crippen molar-refractivity contribution in [1.29, 1.82) is 0 Å². The molecular formula is C19H17NO4. The Balaban J connectivity index is 1.70. The summed E-state index contributed by atoms with van der Waals surface area (Å²) in [5.41, 5.74) is 2.35. The Morgan fingerprint density at radius 3 is 3.04 bits per heavy atom. The van der Waals surface area contributed by atoms with E-state index in [1.54, 1.807) is 7.11 Å². The van der Waals surface area contributed by atoms with Crippen molar-refractivity contribution in [2.24, 2.45) is 0 Å². The summed E-state index contributed by atoms with van der Waals surface area (Å²) in [4.78, 5) is 2.31. The highest BCUT2D eigenvalue weighted by molar-refractivity contribution is 5.59. The lowest BCUT2D eigenvalue weighted by Crippen LogP contribution is -2.40. The van der Waals surface area contributed by atoms with Gasteiger partial charge in [0.2, 0.25) is 6.79 Å². The van der Waals surface area contributed by atoms with Crippen molar-refractivity contribution < 1.29 is 19.3 Å². The lowest BCUT2D eigenvalue weighted by molar-refractivity contribution is 0.173. The van der Waals surface area contributed by atoms with Crippen LogP contribution in [0.5, 0.6) is 23.0 Å². The Labute approximate surface area is 139 Å². The molecule has 1 N–H and O–H groups in total. The number of hydrogen-bond acceptors (Lipinski definition) is 5. The zero-order valence-electron chi connectivity index (χ0n) is 13.3. The first-order chi connectivity index (χ1) is 11.7. The Kier molecular flexibility index (Phi) is 2.74. The van der Waals surface area contributed by atoms with Gasteiger partial charge >= 0.3 is 0 Å². The third kappa shape index (κ3) is 1.81. The second kappa shape index (κ2) is 4.84. The van der Waals surface area contributed by atoms with Crippen molar-refractivity contribution >= 4 is 12.3 Å². The SMILES string of the molecule is COc1cc2c(cc1O)CCN1C=c3c4c(ccc3=CC21)OCO4. The van der Waals surface area contributed by atoms with Gasteiger partial charge in [-0.1, -0.05) is 6.07 Å². The summed E-state index contributed by atoms with van der Waals surface area (Å²) in [5.74, 6) is 2.35. The molecule has 0 radical (unpaired) electrons. The minimum absolute atomic E-state index is 0.135. The molecule has 2 aromatic carbocycles. The van der Waals surface area contributed by atoms with E-state index in [0.717, 1.165) is 34.9 Å². The van der Waals surface area contributed by atoms with E-state index in [1.165, 1.54) is 11.1 Å². The van der Waals surface area contributed by atoms with E-state index in [-0.39, 0.29) is 18.6 Å². The number of fused-ring (bicyclic) bond motifs is 6. The van der Waals surface area contributed by atoms with Crippen LogP contribution in [0.2, 0.25) is 0 Å². The molecule has 0 saturated heterocycles. The van der Waals surface area contributed by atoms with Gasteiger partial charge in [-0.2, -0.15) is 0 Å². The van der Waals surface area contributed by atoms with Crippen LogP contribution in [0.3, 0.4) is 0 Å². The van der Waals surface area contributed by atoms with Crippen LogP contribution in [0.25, 0.3) is 12.3 Å². The molecule has 0 bridgehead atoms. The number of ether oxygens (including phenoxy) is 3. The van der Waals surface area contributed by atoms with E-state index in [1.807, 2.05) is 18.2 Å². The molecule has 0 aromatic heterocycles. The number of rotatable bonds is 1. The van der Waals surface area contributed by atoms with Crippen molar-refractivity contribution in [3.05, 3.63) is 45.8 Å². The molecule has 3 aliphatic heterocycles. The molecular weight excluding hydrogens is 306 g/mol. The molecule has 3 heterocycles. The van der Waals surface area contributed by atoms with Gasteiger partial charge in [-0.25, -0.2) is 0 Å². The fraction of sp³-hybridized carbons (Fsp3) is 0.263. The highest BCUT2D eigenvalue weighted by atomic mass is 16.7. The van der Waals surface area contributed by atoms with E-state index in [0.29, 0.717) is 5.75 Å². The standard InChI is InChI=1S/C19H17NO4/c1-22-18-8-13-12(7-16(18)21)4-5-20-9-14-11(6-15(13)20)2-3-17-19(14)24-10-23-17/h2-3,6-9,15,21H,4-5,10H2,1H3. The number of methoxy groups -OCH3 is 1. The summed E-state index contributed by atoms with van der Waals surface area (Å²) >= 11 is 0. The molecule has 1 atom stereocenters. The molecule has 0 aliphatic carbocycles. The molecule has 2 aromatic rings. The first kappa shape index (κ1) is 13.6. The van der Waals surface area contributed by atoms with E-state index in [9.17, 15) is 5.11 Å². The van der Waals surface area contributed by atoms with Gasteiger partial charge in [0.05, 0.1) is 13.2 Å². The van der Waals surface area contributed by atoms with Crippen LogP contribution >= 0.6 is 0 Å². The second-order valence-electron chi connectivity index (χ2n) is 6.25. The third-order valence-corrected chi connectivity index (χ3v) is 5.00. The van der Waals surface area contributed by atoms with Gasteiger partial charge in [-0.15, -0.1) is 0 Å². The maximum absolute atomic E-state index is 10.0. The van der Waals surface area contributed by atoms with Gasteiger partial charge in [-0.3, -0.25) is 0 Å². The highest BCUT2D eigenvalue weighted by Gasteiger charge is 2.28. The number of hydrogen-bond donors (Lipinski definition) is 1.